The van der Waals surface area contributed by atoms with E-state index in [1.807, 2.05) is 0 Å². The Bertz CT molecular complexity index is 149. The Morgan fingerprint density at radius 3 is 2.60 bits per heavy atom. The summed E-state index contributed by atoms with van der Waals surface area (Å²) >= 11 is 0. The van der Waals surface area contributed by atoms with Gasteiger partial charge < -0.3 is 5.21 Å². The Morgan fingerprint density at radius 1 is 1.50 bits per heavy atom. The predicted molar refractivity (Wildman–Crippen MR) is 41.5 cm³/mol. The molecule has 0 radical (unpaired) electrons. The van der Waals surface area contributed by atoms with Gasteiger partial charge in [0.1, 0.15) is 0 Å². The summed E-state index contributed by atoms with van der Waals surface area (Å²) in [5.74, 6) is 0. The fraction of sp³-hybridized carbons (Fsp3) is 0.875. The van der Waals surface area contributed by atoms with Gasteiger partial charge in [0.05, 0.1) is 5.71 Å². The molecule has 1 aliphatic rings. The zero-order valence-corrected chi connectivity index (χ0v) is 6.72. The van der Waals surface area contributed by atoms with Crippen molar-refractivity contribution in [3.63, 3.8) is 0 Å². The molecule has 0 heterocycles. The molecule has 0 bridgehead atoms. The summed E-state index contributed by atoms with van der Waals surface area (Å²) in [6, 6.07) is 0. The molecular weight excluding hydrogens is 126 g/mol. The molecule has 0 aromatic rings. The normalized spacial score (nSPS) is 28.8. The standard InChI is InChI=1S/C8H15NO/c1-8(2)5-3-4-7(6-8)9-10/h10H,3-6H2,1-2H3/b9-7-. The largest absolute Gasteiger partial charge is 0.411 e. The Balaban J connectivity index is 2.56. The average Bonchev–Trinajstić information content (AvgIpc) is 1.86. The van der Waals surface area contributed by atoms with Gasteiger partial charge in [0.2, 0.25) is 0 Å². The van der Waals surface area contributed by atoms with Gasteiger partial charge in [-0.3, -0.25) is 0 Å². The van der Waals surface area contributed by atoms with Crippen molar-refractivity contribution in [1.82, 2.24) is 0 Å². The Morgan fingerprint density at radius 2 is 2.20 bits per heavy atom. The molecule has 1 saturated carbocycles. The second-order valence-corrected chi connectivity index (χ2v) is 3.86. The molecule has 2 heteroatoms. The van der Waals surface area contributed by atoms with Crippen molar-refractivity contribution in [3.05, 3.63) is 0 Å². The maximum Gasteiger partial charge on any atom is 0.0576 e. The molecule has 0 aromatic heterocycles. The third-order valence-electron chi connectivity index (χ3n) is 2.14. The van der Waals surface area contributed by atoms with Gasteiger partial charge >= 0.3 is 0 Å². The summed E-state index contributed by atoms with van der Waals surface area (Å²) in [4.78, 5) is 0. The summed E-state index contributed by atoms with van der Waals surface area (Å²) in [6.07, 6.45) is 4.38. The molecule has 58 valence electrons. The zero-order valence-electron chi connectivity index (χ0n) is 6.72. The van der Waals surface area contributed by atoms with Crippen molar-refractivity contribution >= 4 is 5.71 Å². The number of oxime groups is 1. The number of nitrogens with zero attached hydrogens (tertiary/aromatic N) is 1. The van der Waals surface area contributed by atoms with Crippen molar-refractivity contribution < 1.29 is 5.21 Å². The summed E-state index contributed by atoms with van der Waals surface area (Å²) in [5, 5.41) is 11.8. The van der Waals surface area contributed by atoms with Gasteiger partial charge in [-0.25, -0.2) is 0 Å². The summed E-state index contributed by atoms with van der Waals surface area (Å²) in [5.41, 5.74) is 1.33. The molecule has 0 unspecified atom stereocenters. The Labute approximate surface area is 61.9 Å². The molecule has 10 heavy (non-hydrogen) atoms. The van der Waals surface area contributed by atoms with Crippen LogP contribution >= 0.6 is 0 Å². The Kier molecular flexibility index (Phi) is 1.97. The highest BCUT2D eigenvalue weighted by molar-refractivity contribution is 5.85. The highest BCUT2D eigenvalue weighted by atomic mass is 16.4. The van der Waals surface area contributed by atoms with Crippen LogP contribution in [0, 0.1) is 5.41 Å². The number of rotatable bonds is 0. The van der Waals surface area contributed by atoms with Gasteiger partial charge in [0.15, 0.2) is 0 Å². The SMILES string of the molecule is CC1(C)CCC/C(=N/O)C1. The van der Waals surface area contributed by atoms with Gasteiger partial charge in [-0.15, -0.1) is 0 Å². The van der Waals surface area contributed by atoms with Crippen LogP contribution in [0.3, 0.4) is 0 Å². The van der Waals surface area contributed by atoms with E-state index in [0.717, 1.165) is 18.6 Å². The third kappa shape index (κ3) is 1.72. The van der Waals surface area contributed by atoms with Crippen LogP contribution < -0.4 is 0 Å². The molecule has 1 aliphatic carbocycles. The zero-order chi connectivity index (χ0) is 7.61. The molecule has 2 nitrogen and oxygen atoms in total. The van der Waals surface area contributed by atoms with Crippen molar-refractivity contribution in [3.8, 4) is 0 Å². The summed E-state index contributed by atoms with van der Waals surface area (Å²) in [6.45, 7) is 4.44. The highest BCUT2D eigenvalue weighted by Gasteiger charge is 2.24. The third-order valence-corrected chi connectivity index (χ3v) is 2.14. The molecule has 0 atom stereocenters. The summed E-state index contributed by atoms with van der Waals surface area (Å²) < 4.78 is 0. The van der Waals surface area contributed by atoms with Gasteiger partial charge in [-0.05, 0) is 31.1 Å². The van der Waals surface area contributed by atoms with Crippen LogP contribution in [0.5, 0.6) is 0 Å². The maximum absolute atomic E-state index is 8.51. The van der Waals surface area contributed by atoms with E-state index in [9.17, 15) is 0 Å². The van der Waals surface area contributed by atoms with Crippen LogP contribution in [0.2, 0.25) is 0 Å². The average molecular weight is 141 g/mol. The van der Waals surface area contributed by atoms with Gasteiger partial charge in [-0.1, -0.05) is 19.0 Å². The molecule has 1 fully saturated rings. The van der Waals surface area contributed by atoms with Crippen LogP contribution in [0.1, 0.15) is 39.5 Å². The topological polar surface area (TPSA) is 32.6 Å². The second-order valence-electron chi connectivity index (χ2n) is 3.86. The predicted octanol–water partition coefficient (Wildman–Crippen LogP) is 2.42. The van der Waals surface area contributed by atoms with Crippen molar-refractivity contribution in [1.29, 1.82) is 0 Å². The van der Waals surface area contributed by atoms with Crippen molar-refractivity contribution in [2.45, 2.75) is 39.5 Å². The molecule has 0 spiro atoms. The molecule has 1 N–H and O–H groups in total. The van der Waals surface area contributed by atoms with Gasteiger partial charge in [-0.2, -0.15) is 0 Å². The van der Waals surface area contributed by atoms with E-state index >= 15 is 0 Å². The molecule has 1 rings (SSSR count). The lowest BCUT2D eigenvalue weighted by Crippen LogP contribution is -2.22. The van der Waals surface area contributed by atoms with E-state index < -0.39 is 0 Å². The minimum Gasteiger partial charge on any atom is -0.411 e. The molecular formula is C8H15NO. The first kappa shape index (κ1) is 7.58. The van der Waals surface area contributed by atoms with Crippen molar-refractivity contribution in [2.75, 3.05) is 0 Å². The van der Waals surface area contributed by atoms with E-state index in [1.165, 1.54) is 12.8 Å². The second kappa shape index (κ2) is 2.60. The summed E-state index contributed by atoms with van der Waals surface area (Å²) in [7, 11) is 0. The first-order chi connectivity index (χ1) is 4.64. The molecule has 0 aliphatic heterocycles. The van der Waals surface area contributed by atoms with Crippen LogP contribution in [-0.4, -0.2) is 10.9 Å². The first-order valence-corrected chi connectivity index (χ1v) is 3.84. The fourth-order valence-electron chi connectivity index (χ4n) is 1.59. The Hall–Kier alpha value is -0.530. The maximum atomic E-state index is 8.51. The van der Waals surface area contributed by atoms with Crippen molar-refractivity contribution in [2.24, 2.45) is 10.6 Å². The fourth-order valence-corrected chi connectivity index (χ4v) is 1.59. The molecule has 0 aromatic carbocycles. The molecule has 0 saturated heterocycles. The van der Waals surface area contributed by atoms with Crippen LogP contribution in [-0.2, 0) is 0 Å². The van der Waals surface area contributed by atoms with E-state index in [1.54, 1.807) is 0 Å². The number of hydrogen-bond acceptors (Lipinski definition) is 2. The monoisotopic (exact) mass is 141 g/mol. The first-order valence-electron chi connectivity index (χ1n) is 3.84. The van der Waals surface area contributed by atoms with Crippen LogP contribution in [0.25, 0.3) is 0 Å². The van der Waals surface area contributed by atoms with Crippen LogP contribution in [0.4, 0.5) is 0 Å². The van der Waals surface area contributed by atoms with Gasteiger partial charge in [0.25, 0.3) is 0 Å². The molecule has 0 amide bonds. The quantitative estimate of drug-likeness (QED) is 0.408. The van der Waals surface area contributed by atoms with E-state index in [-0.39, 0.29) is 0 Å². The van der Waals surface area contributed by atoms with E-state index in [0.29, 0.717) is 5.41 Å². The lowest BCUT2D eigenvalue weighted by atomic mass is 9.77. The minimum atomic E-state index is 0.361. The van der Waals surface area contributed by atoms with E-state index in [2.05, 4.69) is 19.0 Å². The minimum absolute atomic E-state index is 0.361. The lowest BCUT2D eigenvalue weighted by molar-refractivity contribution is 0.286. The number of hydrogen-bond donors (Lipinski definition) is 1. The van der Waals surface area contributed by atoms with Gasteiger partial charge in [0, 0.05) is 0 Å². The van der Waals surface area contributed by atoms with E-state index in [4.69, 9.17) is 5.21 Å². The van der Waals surface area contributed by atoms with Crippen LogP contribution in [0.15, 0.2) is 5.16 Å². The smallest absolute Gasteiger partial charge is 0.0576 e. The highest BCUT2D eigenvalue weighted by Crippen LogP contribution is 2.33. The lowest BCUT2D eigenvalue weighted by Gasteiger charge is -2.29.